The molecule has 1 aromatic carbocycles. The van der Waals surface area contributed by atoms with Crippen LogP contribution in [0.25, 0.3) is 0 Å². The van der Waals surface area contributed by atoms with Gasteiger partial charge in [-0.1, -0.05) is 12.1 Å². The molecule has 104 valence electrons. The highest BCUT2D eigenvalue weighted by molar-refractivity contribution is 5.51. The summed E-state index contributed by atoms with van der Waals surface area (Å²) >= 11 is 0. The van der Waals surface area contributed by atoms with Gasteiger partial charge < -0.3 is 5.73 Å². The highest BCUT2D eigenvalue weighted by atomic mass is 19.1. The maximum atomic E-state index is 12.9. The monoisotopic (exact) mass is 271 g/mol. The number of aromatic nitrogens is 1. The zero-order valence-electron chi connectivity index (χ0n) is 11.5. The number of nitrogens with zero attached hydrogens (tertiary/aromatic N) is 2. The van der Waals surface area contributed by atoms with Gasteiger partial charge in [-0.25, -0.2) is 4.39 Å². The highest BCUT2D eigenvalue weighted by Crippen LogP contribution is 2.29. The van der Waals surface area contributed by atoms with Crippen molar-refractivity contribution >= 4 is 5.69 Å². The quantitative estimate of drug-likeness (QED) is 0.854. The number of fused-ring (bicyclic) bond motifs is 1. The molecule has 0 saturated carbocycles. The minimum Gasteiger partial charge on any atom is -0.398 e. The molecule has 20 heavy (non-hydrogen) atoms. The molecule has 1 aliphatic rings. The molecule has 0 saturated heterocycles. The number of hydrogen-bond acceptors (Lipinski definition) is 3. The van der Waals surface area contributed by atoms with E-state index in [9.17, 15) is 4.39 Å². The molecule has 0 amide bonds. The molecule has 4 heteroatoms. The summed E-state index contributed by atoms with van der Waals surface area (Å²) in [7, 11) is 0. The van der Waals surface area contributed by atoms with E-state index in [2.05, 4.69) is 22.9 Å². The minimum absolute atomic E-state index is 0.171. The number of nitrogens with two attached hydrogens (primary N) is 1. The van der Waals surface area contributed by atoms with Crippen LogP contribution in [0, 0.1) is 5.82 Å². The van der Waals surface area contributed by atoms with E-state index in [1.54, 1.807) is 6.07 Å². The van der Waals surface area contributed by atoms with Gasteiger partial charge in [0.1, 0.15) is 5.82 Å². The van der Waals surface area contributed by atoms with Gasteiger partial charge in [-0.15, -0.1) is 0 Å². The van der Waals surface area contributed by atoms with Crippen LogP contribution in [-0.4, -0.2) is 16.4 Å². The fourth-order valence-electron chi connectivity index (χ4n) is 2.81. The molecule has 3 nitrogen and oxygen atoms in total. The molecule has 1 unspecified atom stereocenters. The lowest BCUT2D eigenvalue weighted by Gasteiger charge is -2.33. The molecule has 0 bridgehead atoms. The summed E-state index contributed by atoms with van der Waals surface area (Å²) in [6.45, 7) is 3.92. The molecule has 0 fully saturated rings. The average molecular weight is 271 g/mol. The first-order valence-electron chi connectivity index (χ1n) is 6.87. The van der Waals surface area contributed by atoms with Crippen LogP contribution in [0.15, 0.2) is 36.5 Å². The van der Waals surface area contributed by atoms with Crippen molar-refractivity contribution in [2.24, 2.45) is 0 Å². The van der Waals surface area contributed by atoms with E-state index in [0.717, 1.165) is 30.9 Å². The summed E-state index contributed by atoms with van der Waals surface area (Å²) < 4.78 is 12.9. The third-order valence-corrected chi connectivity index (χ3v) is 4.06. The standard InChI is InChI=1S/C16H18FN3/c1-11(16-6-5-13(17)9-19-16)20-8-7-14-12(10-20)3-2-4-15(14)18/h2-6,9,11H,7-8,10,18H2,1H3. The Hall–Kier alpha value is -1.94. The van der Waals surface area contributed by atoms with Gasteiger partial charge in [0.2, 0.25) is 0 Å². The molecule has 3 rings (SSSR count). The van der Waals surface area contributed by atoms with E-state index in [1.165, 1.54) is 23.4 Å². The minimum atomic E-state index is -0.294. The molecule has 0 spiro atoms. The number of benzene rings is 1. The fourth-order valence-corrected chi connectivity index (χ4v) is 2.81. The second kappa shape index (κ2) is 5.21. The average Bonchev–Trinajstić information content (AvgIpc) is 2.47. The zero-order chi connectivity index (χ0) is 14.1. The van der Waals surface area contributed by atoms with E-state index < -0.39 is 0 Å². The van der Waals surface area contributed by atoms with Gasteiger partial charge in [-0.3, -0.25) is 9.88 Å². The first-order valence-corrected chi connectivity index (χ1v) is 6.87. The molecule has 2 N–H and O–H groups in total. The topological polar surface area (TPSA) is 42.2 Å². The van der Waals surface area contributed by atoms with Crippen LogP contribution in [0.3, 0.4) is 0 Å². The van der Waals surface area contributed by atoms with Gasteiger partial charge >= 0.3 is 0 Å². The molecular weight excluding hydrogens is 253 g/mol. The fraction of sp³-hybridized carbons (Fsp3) is 0.312. The largest absolute Gasteiger partial charge is 0.398 e. The maximum Gasteiger partial charge on any atom is 0.141 e. The van der Waals surface area contributed by atoms with E-state index in [1.807, 2.05) is 12.1 Å². The molecule has 0 radical (unpaired) electrons. The van der Waals surface area contributed by atoms with Crippen LogP contribution >= 0.6 is 0 Å². The Balaban J connectivity index is 1.81. The third kappa shape index (κ3) is 2.39. The SMILES string of the molecule is CC(c1ccc(F)cn1)N1CCc2c(N)cccc2C1. The van der Waals surface area contributed by atoms with Gasteiger partial charge in [0.05, 0.1) is 11.9 Å². The van der Waals surface area contributed by atoms with Crippen LogP contribution in [0.4, 0.5) is 10.1 Å². The number of nitrogen functional groups attached to an aromatic ring is 1. The second-order valence-electron chi connectivity index (χ2n) is 5.28. The molecule has 1 atom stereocenters. The summed E-state index contributed by atoms with van der Waals surface area (Å²) in [6.07, 6.45) is 2.23. The number of rotatable bonds is 2. The third-order valence-electron chi connectivity index (χ3n) is 4.06. The van der Waals surface area contributed by atoms with Gasteiger partial charge in [0.15, 0.2) is 0 Å². The van der Waals surface area contributed by atoms with Crippen molar-refractivity contribution in [3.8, 4) is 0 Å². The Labute approximate surface area is 118 Å². The normalized spacial score (nSPS) is 16.7. The van der Waals surface area contributed by atoms with Crippen molar-refractivity contribution < 1.29 is 4.39 Å². The molecule has 2 heterocycles. The first-order chi connectivity index (χ1) is 9.65. The van der Waals surface area contributed by atoms with Crippen LogP contribution in [0.1, 0.15) is 29.8 Å². The predicted octanol–water partition coefficient (Wildman–Crippen LogP) is 2.92. The van der Waals surface area contributed by atoms with E-state index >= 15 is 0 Å². The molecule has 0 aliphatic carbocycles. The first kappa shape index (κ1) is 13.1. The van der Waals surface area contributed by atoms with Crippen LogP contribution in [0.5, 0.6) is 0 Å². The summed E-state index contributed by atoms with van der Waals surface area (Å²) in [5.74, 6) is -0.294. The van der Waals surface area contributed by atoms with Crippen molar-refractivity contribution in [3.05, 3.63) is 59.2 Å². The summed E-state index contributed by atoms with van der Waals surface area (Å²) in [4.78, 5) is 6.53. The smallest absolute Gasteiger partial charge is 0.141 e. The Morgan fingerprint density at radius 3 is 2.90 bits per heavy atom. The predicted molar refractivity (Wildman–Crippen MR) is 77.6 cm³/mol. The second-order valence-corrected chi connectivity index (χ2v) is 5.28. The number of anilines is 1. The van der Waals surface area contributed by atoms with Gasteiger partial charge in [-0.2, -0.15) is 0 Å². The van der Waals surface area contributed by atoms with E-state index in [4.69, 9.17) is 5.73 Å². The Morgan fingerprint density at radius 2 is 2.15 bits per heavy atom. The highest BCUT2D eigenvalue weighted by Gasteiger charge is 2.23. The van der Waals surface area contributed by atoms with Crippen molar-refractivity contribution in [1.82, 2.24) is 9.88 Å². The Bertz CT molecular complexity index is 610. The van der Waals surface area contributed by atoms with Crippen molar-refractivity contribution in [3.63, 3.8) is 0 Å². The molecular formula is C16H18FN3. The van der Waals surface area contributed by atoms with Gasteiger partial charge in [-0.05, 0) is 42.7 Å². The van der Waals surface area contributed by atoms with Crippen molar-refractivity contribution in [1.29, 1.82) is 0 Å². The zero-order valence-corrected chi connectivity index (χ0v) is 11.5. The summed E-state index contributed by atoms with van der Waals surface area (Å²) in [6, 6.07) is 9.48. The lowest BCUT2D eigenvalue weighted by Crippen LogP contribution is -2.33. The van der Waals surface area contributed by atoms with Gasteiger partial charge in [0, 0.05) is 24.8 Å². The van der Waals surface area contributed by atoms with Crippen LogP contribution in [0.2, 0.25) is 0 Å². The van der Waals surface area contributed by atoms with E-state index in [0.29, 0.717) is 0 Å². The number of pyridine rings is 1. The molecule has 1 aromatic heterocycles. The molecule has 2 aromatic rings. The van der Waals surface area contributed by atoms with Gasteiger partial charge in [0.25, 0.3) is 0 Å². The van der Waals surface area contributed by atoms with Crippen molar-refractivity contribution in [2.45, 2.75) is 25.9 Å². The lowest BCUT2D eigenvalue weighted by atomic mass is 9.96. The maximum absolute atomic E-state index is 12.9. The van der Waals surface area contributed by atoms with Crippen molar-refractivity contribution in [2.75, 3.05) is 12.3 Å². The number of halogens is 1. The summed E-state index contributed by atoms with van der Waals surface area (Å²) in [5.41, 5.74) is 10.4. The molecule has 1 aliphatic heterocycles. The summed E-state index contributed by atoms with van der Waals surface area (Å²) in [5, 5.41) is 0. The Morgan fingerprint density at radius 1 is 1.30 bits per heavy atom. The van der Waals surface area contributed by atoms with Crippen LogP contribution in [-0.2, 0) is 13.0 Å². The number of hydrogen-bond donors (Lipinski definition) is 1. The lowest BCUT2D eigenvalue weighted by molar-refractivity contribution is 0.189. The van der Waals surface area contributed by atoms with E-state index in [-0.39, 0.29) is 11.9 Å². The Kier molecular flexibility index (Phi) is 3.40. The van der Waals surface area contributed by atoms with Crippen LogP contribution < -0.4 is 5.73 Å².